The topological polar surface area (TPSA) is 68.4 Å². The molecule has 1 N–H and O–H groups in total. The zero-order valence-electron chi connectivity index (χ0n) is 12.5. The highest BCUT2D eigenvalue weighted by Crippen LogP contribution is 2.24. The largest absolute Gasteiger partial charge is 0.509 e. The lowest BCUT2D eigenvalue weighted by atomic mass is 10.1. The van der Waals surface area contributed by atoms with E-state index in [4.69, 9.17) is 9.26 Å². The molecule has 0 amide bonds. The van der Waals surface area contributed by atoms with Crippen LogP contribution in [0.3, 0.4) is 0 Å². The van der Waals surface area contributed by atoms with Crippen molar-refractivity contribution >= 4 is 0 Å². The van der Waals surface area contributed by atoms with Gasteiger partial charge in [0.15, 0.2) is 6.10 Å². The minimum atomic E-state index is -0.331. The van der Waals surface area contributed by atoms with Crippen LogP contribution in [0.4, 0.5) is 0 Å². The molecule has 2 aromatic rings. The quantitative estimate of drug-likeness (QED) is 0.812. The van der Waals surface area contributed by atoms with Crippen LogP contribution >= 0.6 is 0 Å². The molecule has 1 aromatic heterocycles. The summed E-state index contributed by atoms with van der Waals surface area (Å²) in [5, 5.41) is 13.8. The first-order valence-corrected chi connectivity index (χ1v) is 7.06. The first kappa shape index (κ1) is 15.1. The average molecular weight is 288 g/mol. The Hall–Kier alpha value is -2.30. The van der Waals surface area contributed by atoms with Crippen LogP contribution in [0.25, 0.3) is 11.4 Å². The van der Waals surface area contributed by atoms with Crippen LogP contribution in [0.5, 0.6) is 5.75 Å². The highest BCUT2D eigenvalue weighted by molar-refractivity contribution is 5.56. The second-order valence-corrected chi connectivity index (χ2v) is 4.77. The first-order valence-electron chi connectivity index (χ1n) is 7.06. The Bertz CT molecular complexity index is 619. The number of hydrogen-bond acceptors (Lipinski definition) is 5. The summed E-state index contributed by atoms with van der Waals surface area (Å²) < 4.78 is 10.9. The van der Waals surface area contributed by atoms with Gasteiger partial charge in [-0.3, -0.25) is 0 Å². The van der Waals surface area contributed by atoms with Crippen molar-refractivity contribution < 1.29 is 14.4 Å². The Balaban J connectivity index is 2.20. The molecule has 5 heteroatoms. The van der Waals surface area contributed by atoms with Crippen molar-refractivity contribution in [3.63, 3.8) is 0 Å². The summed E-state index contributed by atoms with van der Waals surface area (Å²) in [6.45, 7) is 5.59. The maximum atomic E-state index is 9.90. The van der Waals surface area contributed by atoms with E-state index < -0.39 is 0 Å². The molecule has 21 heavy (non-hydrogen) atoms. The predicted octanol–water partition coefficient (Wildman–Crippen LogP) is 4.05. The van der Waals surface area contributed by atoms with Crippen molar-refractivity contribution in [3.8, 4) is 17.1 Å². The first-order chi connectivity index (χ1) is 10.1. The molecule has 2 rings (SSSR count). The summed E-state index contributed by atoms with van der Waals surface area (Å²) in [6, 6.07) is 7.45. The molecule has 1 heterocycles. The second-order valence-electron chi connectivity index (χ2n) is 4.77. The summed E-state index contributed by atoms with van der Waals surface area (Å²) >= 11 is 0. The molecule has 1 aromatic carbocycles. The smallest absolute Gasteiger partial charge is 0.223 e. The van der Waals surface area contributed by atoms with Gasteiger partial charge in [-0.05, 0) is 31.6 Å². The van der Waals surface area contributed by atoms with Crippen molar-refractivity contribution in [1.82, 2.24) is 10.1 Å². The molecule has 112 valence electrons. The number of nitrogens with zero attached hydrogens (tertiary/aromatic N) is 2. The Morgan fingerprint density at radius 1 is 1.48 bits per heavy atom. The Labute approximate surface area is 124 Å². The van der Waals surface area contributed by atoms with Crippen LogP contribution in [-0.2, 0) is 0 Å². The van der Waals surface area contributed by atoms with E-state index in [1.807, 2.05) is 24.3 Å². The van der Waals surface area contributed by atoms with Gasteiger partial charge in [0.2, 0.25) is 11.7 Å². The lowest BCUT2D eigenvalue weighted by Gasteiger charge is -2.18. The number of aliphatic hydroxyl groups excluding tert-OH is 1. The third-order valence-corrected chi connectivity index (χ3v) is 3.07. The van der Waals surface area contributed by atoms with Crippen molar-refractivity contribution in [2.45, 2.75) is 39.7 Å². The van der Waals surface area contributed by atoms with E-state index in [9.17, 15) is 5.11 Å². The molecule has 1 unspecified atom stereocenters. The Morgan fingerprint density at radius 3 is 2.90 bits per heavy atom. The van der Waals surface area contributed by atoms with Crippen molar-refractivity contribution in [3.05, 3.63) is 42.0 Å². The van der Waals surface area contributed by atoms with Gasteiger partial charge in [0.25, 0.3) is 0 Å². The lowest BCUT2D eigenvalue weighted by molar-refractivity contribution is 0.166. The third-order valence-electron chi connectivity index (χ3n) is 3.07. The average Bonchev–Trinajstić information content (AvgIpc) is 2.93. The SMILES string of the molecule is C/C=C(\O)C(CCC)Oc1cccc(-c2noc(C)n2)c1. The molecule has 0 aliphatic rings. The van der Waals surface area contributed by atoms with Gasteiger partial charge in [-0.2, -0.15) is 4.98 Å². The second kappa shape index (κ2) is 6.92. The van der Waals surface area contributed by atoms with Gasteiger partial charge in [0.05, 0.1) is 0 Å². The summed E-state index contributed by atoms with van der Waals surface area (Å²) in [5.41, 5.74) is 0.819. The predicted molar refractivity (Wildman–Crippen MR) is 80.2 cm³/mol. The molecule has 5 nitrogen and oxygen atoms in total. The van der Waals surface area contributed by atoms with Gasteiger partial charge >= 0.3 is 0 Å². The summed E-state index contributed by atoms with van der Waals surface area (Å²) in [4.78, 5) is 4.19. The summed E-state index contributed by atoms with van der Waals surface area (Å²) in [5.74, 6) is 1.96. The van der Waals surface area contributed by atoms with Crippen LogP contribution in [-0.4, -0.2) is 21.4 Å². The molecule has 0 fully saturated rings. The van der Waals surface area contributed by atoms with E-state index in [0.717, 1.165) is 18.4 Å². The van der Waals surface area contributed by atoms with Gasteiger partial charge in [0, 0.05) is 12.5 Å². The molecule has 0 radical (unpaired) electrons. The van der Waals surface area contributed by atoms with E-state index in [2.05, 4.69) is 17.1 Å². The Kier molecular flexibility index (Phi) is 4.98. The van der Waals surface area contributed by atoms with Crippen LogP contribution in [0, 0.1) is 6.92 Å². The number of ether oxygens (including phenoxy) is 1. The van der Waals surface area contributed by atoms with Gasteiger partial charge < -0.3 is 14.4 Å². The maximum absolute atomic E-state index is 9.90. The van der Waals surface area contributed by atoms with Crippen LogP contribution in [0.2, 0.25) is 0 Å². The molecular weight excluding hydrogens is 268 g/mol. The molecule has 0 saturated carbocycles. The fourth-order valence-corrected chi connectivity index (χ4v) is 2.00. The van der Waals surface area contributed by atoms with Gasteiger partial charge in [-0.25, -0.2) is 0 Å². The number of hydrogen-bond donors (Lipinski definition) is 1. The van der Waals surface area contributed by atoms with Crippen LogP contribution < -0.4 is 4.74 Å². The normalized spacial score (nSPS) is 13.2. The van der Waals surface area contributed by atoms with E-state index in [1.165, 1.54) is 0 Å². The number of aryl methyl sites for hydroxylation is 1. The van der Waals surface area contributed by atoms with Gasteiger partial charge in [0.1, 0.15) is 11.5 Å². The van der Waals surface area contributed by atoms with Gasteiger partial charge in [-0.15, -0.1) is 0 Å². The standard InChI is InChI=1S/C16H20N2O3/c1-4-7-15(14(19)5-2)20-13-9-6-8-12(10-13)16-17-11(3)21-18-16/h5-6,8-10,15,19H,4,7H2,1-3H3/b14-5-. The Morgan fingerprint density at radius 2 is 2.29 bits per heavy atom. The molecule has 0 saturated heterocycles. The highest BCUT2D eigenvalue weighted by atomic mass is 16.5. The van der Waals surface area contributed by atoms with Gasteiger partial charge in [-0.1, -0.05) is 30.6 Å². The number of allylic oxidation sites excluding steroid dienone is 1. The fraction of sp³-hybridized carbons (Fsp3) is 0.375. The minimum absolute atomic E-state index is 0.248. The zero-order chi connectivity index (χ0) is 15.2. The monoisotopic (exact) mass is 288 g/mol. The van der Waals surface area contributed by atoms with Crippen molar-refractivity contribution in [2.75, 3.05) is 0 Å². The molecule has 1 atom stereocenters. The molecule has 0 bridgehead atoms. The molecule has 0 spiro atoms. The maximum Gasteiger partial charge on any atom is 0.223 e. The molecular formula is C16H20N2O3. The number of aliphatic hydroxyl groups is 1. The fourth-order valence-electron chi connectivity index (χ4n) is 2.00. The van der Waals surface area contributed by atoms with Crippen LogP contribution in [0.15, 0.2) is 40.6 Å². The van der Waals surface area contributed by atoms with E-state index >= 15 is 0 Å². The minimum Gasteiger partial charge on any atom is -0.509 e. The van der Waals surface area contributed by atoms with Crippen molar-refractivity contribution in [1.29, 1.82) is 0 Å². The zero-order valence-corrected chi connectivity index (χ0v) is 12.5. The van der Waals surface area contributed by atoms with E-state index in [0.29, 0.717) is 17.5 Å². The number of rotatable bonds is 6. The summed E-state index contributed by atoms with van der Waals surface area (Å²) in [6.07, 6.45) is 3.00. The summed E-state index contributed by atoms with van der Waals surface area (Å²) in [7, 11) is 0. The lowest BCUT2D eigenvalue weighted by Crippen LogP contribution is -2.19. The van der Waals surface area contributed by atoms with Crippen molar-refractivity contribution in [2.24, 2.45) is 0 Å². The highest BCUT2D eigenvalue weighted by Gasteiger charge is 2.15. The number of benzene rings is 1. The third kappa shape index (κ3) is 3.84. The van der Waals surface area contributed by atoms with E-state index in [-0.39, 0.29) is 11.9 Å². The van der Waals surface area contributed by atoms with E-state index in [1.54, 1.807) is 19.9 Å². The van der Waals surface area contributed by atoms with Crippen LogP contribution in [0.1, 0.15) is 32.6 Å². The number of aromatic nitrogens is 2. The molecule has 0 aliphatic carbocycles. The molecule has 0 aliphatic heterocycles.